The molecule has 0 unspecified atom stereocenters. The van der Waals surface area contributed by atoms with E-state index in [0.29, 0.717) is 0 Å². The Kier molecular flexibility index (Phi) is 3.82. The number of aryl methyl sites for hydroxylation is 1. The second-order valence-corrected chi connectivity index (χ2v) is 6.22. The van der Waals surface area contributed by atoms with Crippen molar-refractivity contribution in [2.75, 3.05) is 4.72 Å². The number of aromatic hydroxyl groups is 1. The van der Waals surface area contributed by atoms with Gasteiger partial charge < -0.3 is 5.11 Å². The lowest BCUT2D eigenvalue weighted by Gasteiger charge is -2.08. The van der Waals surface area contributed by atoms with Crippen LogP contribution in [0.4, 0.5) is 11.4 Å². The normalized spacial score (nSPS) is 11.3. The highest BCUT2D eigenvalue weighted by molar-refractivity contribution is 9.10. The van der Waals surface area contributed by atoms with Gasteiger partial charge in [0.25, 0.3) is 15.7 Å². The Hall–Kier alpha value is -2.21. The molecule has 0 radical (unpaired) electrons. The van der Waals surface area contributed by atoms with Gasteiger partial charge in [-0.25, -0.2) is 4.68 Å². The summed E-state index contributed by atoms with van der Waals surface area (Å²) in [7, 11) is -2.79. The third kappa shape index (κ3) is 2.95. The fourth-order valence-electron chi connectivity index (χ4n) is 1.56. The summed E-state index contributed by atoms with van der Waals surface area (Å²) in [6.45, 7) is 0. The van der Waals surface area contributed by atoms with Crippen molar-refractivity contribution >= 4 is 37.3 Å². The molecule has 0 aliphatic heterocycles. The number of nitrogens with zero attached hydrogens (tertiary/aromatic N) is 4. The Morgan fingerprint density at radius 2 is 2.14 bits per heavy atom. The van der Waals surface area contributed by atoms with Crippen LogP contribution in [0.2, 0.25) is 0 Å². The highest BCUT2D eigenvalue weighted by Gasteiger charge is 2.27. The summed E-state index contributed by atoms with van der Waals surface area (Å²) < 4.78 is 27.5. The van der Waals surface area contributed by atoms with E-state index in [1.807, 2.05) is 0 Å². The predicted octanol–water partition coefficient (Wildman–Crippen LogP) is 0.992. The van der Waals surface area contributed by atoms with Gasteiger partial charge >= 0.3 is 0 Å². The number of anilines is 1. The number of halogens is 1. The van der Waals surface area contributed by atoms with Crippen molar-refractivity contribution < 1.29 is 18.4 Å². The van der Waals surface area contributed by atoms with E-state index >= 15 is 0 Å². The molecule has 10 nitrogen and oxygen atoms in total. The molecule has 0 spiro atoms. The van der Waals surface area contributed by atoms with Gasteiger partial charge in [0.2, 0.25) is 5.03 Å². The van der Waals surface area contributed by atoms with Crippen LogP contribution >= 0.6 is 15.9 Å². The minimum atomic E-state index is -4.15. The molecule has 0 amide bonds. The number of rotatable bonds is 4. The van der Waals surface area contributed by atoms with Crippen molar-refractivity contribution in [2.45, 2.75) is 5.03 Å². The van der Waals surface area contributed by atoms with Gasteiger partial charge in [0, 0.05) is 7.05 Å². The largest absolute Gasteiger partial charge is 0.508 e. The molecule has 112 valence electrons. The molecule has 0 fully saturated rings. The molecule has 2 rings (SSSR count). The first-order valence-electron chi connectivity index (χ1n) is 5.28. The van der Waals surface area contributed by atoms with Crippen LogP contribution in [0.25, 0.3) is 0 Å². The van der Waals surface area contributed by atoms with E-state index < -0.39 is 20.6 Å². The molecular formula is C9H8BrN5O5S. The van der Waals surface area contributed by atoms with Crippen LogP contribution in [0, 0.1) is 10.1 Å². The van der Waals surface area contributed by atoms with Crippen molar-refractivity contribution in [3.05, 3.63) is 32.9 Å². The lowest BCUT2D eigenvalue weighted by atomic mass is 10.2. The Balaban J connectivity index is 2.50. The van der Waals surface area contributed by atoms with E-state index in [4.69, 9.17) is 0 Å². The quantitative estimate of drug-likeness (QED) is 0.459. The monoisotopic (exact) mass is 377 g/mol. The van der Waals surface area contributed by atoms with Crippen LogP contribution in [0.3, 0.4) is 0 Å². The maximum absolute atomic E-state index is 12.2. The second kappa shape index (κ2) is 5.29. The van der Waals surface area contributed by atoms with Crippen molar-refractivity contribution in [2.24, 2.45) is 7.05 Å². The number of hydrogen-bond donors (Lipinski definition) is 2. The molecule has 2 N–H and O–H groups in total. The molecule has 0 saturated carbocycles. The summed E-state index contributed by atoms with van der Waals surface area (Å²) in [5.74, 6) is -0.354. The summed E-state index contributed by atoms with van der Waals surface area (Å²) in [4.78, 5) is 10.1. The zero-order chi connectivity index (χ0) is 15.8. The molecule has 0 aliphatic carbocycles. The Morgan fingerprint density at radius 1 is 1.48 bits per heavy atom. The van der Waals surface area contributed by atoms with Gasteiger partial charge in [0.15, 0.2) is 4.60 Å². The predicted molar refractivity (Wildman–Crippen MR) is 74.3 cm³/mol. The number of nitro benzene ring substituents is 1. The molecular weight excluding hydrogens is 370 g/mol. The van der Waals surface area contributed by atoms with Crippen molar-refractivity contribution in [3.63, 3.8) is 0 Å². The topological polar surface area (TPSA) is 140 Å². The van der Waals surface area contributed by atoms with Gasteiger partial charge in [-0.3, -0.25) is 14.8 Å². The van der Waals surface area contributed by atoms with Gasteiger partial charge in [-0.2, -0.15) is 8.42 Å². The highest BCUT2D eigenvalue weighted by Crippen LogP contribution is 2.31. The molecule has 0 saturated heterocycles. The third-order valence-electron chi connectivity index (χ3n) is 2.41. The van der Waals surface area contributed by atoms with E-state index in [1.165, 1.54) is 7.05 Å². The van der Waals surface area contributed by atoms with Crippen LogP contribution in [0.1, 0.15) is 0 Å². The van der Waals surface area contributed by atoms with Gasteiger partial charge in [-0.05, 0) is 28.1 Å². The molecule has 1 heterocycles. The van der Waals surface area contributed by atoms with Gasteiger partial charge in [-0.1, -0.05) is 5.21 Å². The first kappa shape index (κ1) is 15.2. The number of phenols is 1. The Morgan fingerprint density at radius 3 is 2.67 bits per heavy atom. The van der Waals surface area contributed by atoms with E-state index in [-0.39, 0.29) is 21.1 Å². The summed E-state index contributed by atoms with van der Waals surface area (Å²) >= 11 is 2.94. The van der Waals surface area contributed by atoms with Crippen LogP contribution < -0.4 is 4.72 Å². The van der Waals surface area contributed by atoms with E-state index in [1.54, 1.807) is 0 Å². The molecule has 1 aromatic carbocycles. The summed E-state index contributed by atoms with van der Waals surface area (Å²) in [5, 5.41) is 26.9. The number of phenolic OH excluding ortho intramolecular Hbond substituents is 1. The number of nitrogens with one attached hydrogen (secondary N) is 1. The highest BCUT2D eigenvalue weighted by atomic mass is 79.9. The molecule has 0 atom stereocenters. The van der Waals surface area contributed by atoms with Crippen molar-refractivity contribution in [1.29, 1.82) is 0 Å². The summed E-state index contributed by atoms with van der Waals surface area (Å²) in [5.41, 5.74) is -0.865. The zero-order valence-corrected chi connectivity index (χ0v) is 12.8. The van der Waals surface area contributed by atoms with Crippen LogP contribution in [0.5, 0.6) is 5.75 Å². The molecule has 12 heteroatoms. The number of benzene rings is 1. The smallest absolute Gasteiger partial charge is 0.297 e. The lowest BCUT2D eigenvalue weighted by molar-refractivity contribution is -0.384. The van der Waals surface area contributed by atoms with Crippen molar-refractivity contribution in [1.82, 2.24) is 15.0 Å². The van der Waals surface area contributed by atoms with Crippen molar-refractivity contribution in [3.8, 4) is 5.75 Å². The lowest BCUT2D eigenvalue weighted by Crippen LogP contribution is -2.18. The maximum Gasteiger partial charge on any atom is 0.297 e. The molecule has 21 heavy (non-hydrogen) atoms. The van der Waals surface area contributed by atoms with Crippen LogP contribution in [0.15, 0.2) is 27.8 Å². The number of nitro groups is 1. The van der Waals surface area contributed by atoms with Crippen LogP contribution in [-0.4, -0.2) is 33.4 Å². The van der Waals surface area contributed by atoms with Crippen LogP contribution in [-0.2, 0) is 17.1 Å². The molecule has 2 aromatic rings. The molecule has 0 aliphatic rings. The Labute approximate surface area is 126 Å². The Bertz CT molecular complexity index is 798. The number of hydrogen-bond acceptors (Lipinski definition) is 7. The second-order valence-electron chi connectivity index (χ2n) is 3.87. The van der Waals surface area contributed by atoms with E-state index in [9.17, 15) is 23.6 Å². The number of aromatic nitrogens is 3. The first-order chi connectivity index (χ1) is 9.72. The summed E-state index contributed by atoms with van der Waals surface area (Å²) in [6.07, 6.45) is 0. The molecule has 1 aromatic heterocycles. The van der Waals surface area contributed by atoms with Gasteiger partial charge in [-0.15, -0.1) is 5.10 Å². The maximum atomic E-state index is 12.2. The van der Waals surface area contributed by atoms with Gasteiger partial charge in [0.1, 0.15) is 11.4 Å². The number of sulfonamides is 1. The average Bonchev–Trinajstić information content (AvgIpc) is 2.71. The summed E-state index contributed by atoms with van der Waals surface area (Å²) in [6, 6.07) is 3.05. The third-order valence-corrected chi connectivity index (χ3v) is 4.67. The standard InChI is InChI=1S/C9H8BrN5O5S/c1-14-9(8(10)11-13-14)21(19,20)12-6-3-2-5(16)4-7(6)15(17)18/h2-4,12,16H,1H3. The fraction of sp³-hybridized carbons (Fsp3) is 0.111. The first-order valence-corrected chi connectivity index (χ1v) is 7.55. The minimum Gasteiger partial charge on any atom is -0.508 e. The van der Waals surface area contributed by atoms with Gasteiger partial charge in [0.05, 0.1) is 11.0 Å². The average molecular weight is 378 g/mol. The SMILES string of the molecule is Cn1nnc(Br)c1S(=O)(=O)Nc1ccc(O)cc1[N+](=O)[O-]. The van der Waals surface area contributed by atoms with E-state index in [0.717, 1.165) is 22.9 Å². The van der Waals surface area contributed by atoms with E-state index in [2.05, 4.69) is 31.0 Å². The minimum absolute atomic E-state index is 0.0288. The fourth-order valence-corrected chi connectivity index (χ4v) is 3.73. The zero-order valence-electron chi connectivity index (χ0n) is 10.4. The molecule has 0 bridgehead atoms.